The van der Waals surface area contributed by atoms with Crippen molar-refractivity contribution in [2.45, 2.75) is 44.9 Å². The molecule has 9 nitrogen and oxygen atoms in total. The number of carboxylic acid groups (broad SMARTS) is 1. The number of nitrogens with zero attached hydrogens (tertiary/aromatic N) is 3. The first kappa shape index (κ1) is 24.0. The number of carboxylic acids is 1. The van der Waals surface area contributed by atoms with Gasteiger partial charge in [-0.05, 0) is 50.1 Å². The molecule has 4 rings (SSSR count). The Hall–Kier alpha value is -4.16. The zero-order valence-electron chi connectivity index (χ0n) is 19.6. The van der Waals surface area contributed by atoms with Gasteiger partial charge in [0, 0.05) is 17.8 Å². The fourth-order valence-corrected chi connectivity index (χ4v) is 4.09. The van der Waals surface area contributed by atoms with Gasteiger partial charge in [0.25, 0.3) is 5.91 Å². The third-order valence-corrected chi connectivity index (χ3v) is 5.83. The van der Waals surface area contributed by atoms with Crippen molar-refractivity contribution in [1.29, 1.82) is 5.26 Å². The number of rotatable bonds is 9. The van der Waals surface area contributed by atoms with E-state index in [0.717, 1.165) is 16.7 Å². The van der Waals surface area contributed by atoms with Crippen LogP contribution in [-0.2, 0) is 22.4 Å². The first-order valence-electron chi connectivity index (χ1n) is 11.4. The maximum atomic E-state index is 13.1. The summed E-state index contributed by atoms with van der Waals surface area (Å²) in [6.45, 7) is 4.54. The number of nitrogens with one attached hydrogen (secondary N) is 2. The van der Waals surface area contributed by atoms with Gasteiger partial charge in [-0.2, -0.15) is 10.4 Å². The van der Waals surface area contributed by atoms with E-state index in [1.165, 1.54) is 0 Å². The van der Waals surface area contributed by atoms with Crippen LogP contribution >= 0.6 is 0 Å². The highest BCUT2D eigenvalue weighted by atomic mass is 16.5. The van der Waals surface area contributed by atoms with Crippen molar-refractivity contribution in [3.63, 3.8) is 0 Å². The van der Waals surface area contributed by atoms with Crippen molar-refractivity contribution in [2.75, 3.05) is 11.9 Å². The molecule has 35 heavy (non-hydrogen) atoms. The van der Waals surface area contributed by atoms with Gasteiger partial charge in [-0.1, -0.05) is 30.3 Å². The second kappa shape index (κ2) is 10.4. The van der Waals surface area contributed by atoms with Crippen LogP contribution in [0.2, 0.25) is 0 Å². The van der Waals surface area contributed by atoms with E-state index in [4.69, 9.17) is 9.84 Å². The molecule has 1 amide bonds. The number of carbonyl (C=O) groups is 2. The normalized spacial score (nSPS) is 15.6. The minimum atomic E-state index is -0.917. The van der Waals surface area contributed by atoms with Crippen molar-refractivity contribution >= 4 is 17.6 Å². The van der Waals surface area contributed by atoms with Gasteiger partial charge in [0.15, 0.2) is 11.9 Å². The molecule has 2 heterocycles. The number of benzene rings is 2. The van der Waals surface area contributed by atoms with Gasteiger partial charge >= 0.3 is 5.97 Å². The second-order valence-electron chi connectivity index (χ2n) is 8.74. The molecule has 2 atom stereocenters. The predicted octanol–water partition coefficient (Wildman–Crippen LogP) is 3.24. The van der Waals surface area contributed by atoms with Gasteiger partial charge in [-0.15, -0.1) is 0 Å². The molecule has 0 saturated heterocycles. The van der Waals surface area contributed by atoms with Gasteiger partial charge in [0.05, 0.1) is 29.9 Å². The zero-order chi connectivity index (χ0) is 24.9. The third kappa shape index (κ3) is 5.50. The predicted molar refractivity (Wildman–Crippen MR) is 129 cm³/mol. The molecule has 0 fully saturated rings. The number of para-hydroxylation sites is 1. The number of carbonyl (C=O) groups excluding carboxylic acids is 1. The molecule has 1 aliphatic heterocycles. The van der Waals surface area contributed by atoms with E-state index in [9.17, 15) is 14.9 Å². The molecule has 0 radical (unpaired) electrons. The standard InChI is InChI=1S/C26H27N5O4/c1-16(2)31-15-20(14-29-31)23(28-10-9-17-5-3-6-18(11-17)12-22(32)33)25-26(34)30-21-8-4-7-19(13-27)24(21)35-25/h3-8,11,14-16,23,25,28H,9-10,12H2,1-2H3,(H,30,34)(H,32,33)/t23-,25+/m1/s1. The Morgan fingerprint density at radius 1 is 1.29 bits per heavy atom. The average molecular weight is 474 g/mol. The Balaban J connectivity index is 1.57. The first-order valence-corrected chi connectivity index (χ1v) is 11.4. The highest BCUT2D eigenvalue weighted by Crippen LogP contribution is 2.36. The molecule has 1 aromatic heterocycles. The van der Waals surface area contributed by atoms with Crippen molar-refractivity contribution in [3.05, 3.63) is 77.1 Å². The van der Waals surface area contributed by atoms with E-state index in [2.05, 4.69) is 21.8 Å². The number of aliphatic carboxylic acids is 1. The monoisotopic (exact) mass is 473 g/mol. The van der Waals surface area contributed by atoms with E-state index < -0.39 is 18.1 Å². The summed E-state index contributed by atoms with van der Waals surface area (Å²) < 4.78 is 7.93. The molecular weight excluding hydrogens is 446 g/mol. The second-order valence-corrected chi connectivity index (χ2v) is 8.74. The molecule has 180 valence electrons. The fraction of sp³-hybridized carbons (Fsp3) is 0.308. The number of nitriles is 1. The molecule has 9 heteroatoms. The quantitative estimate of drug-likeness (QED) is 0.435. The summed E-state index contributed by atoms with van der Waals surface area (Å²) in [5.41, 5.74) is 3.33. The Kier molecular flexibility index (Phi) is 7.13. The van der Waals surface area contributed by atoms with Gasteiger partial charge in [-0.3, -0.25) is 14.3 Å². The summed E-state index contributed by atoms with van der Waals surface area (Å²) in [6, 6.07) is 14.2. The Morgan fingerprint density at radius 3 is 2.77 bits per heavy atom. The highest BCUT2D eigenvalue weighted by Gasteiger charge is 2.37. The lowest BCUT2D eigenvalue weighted by atomic mass is 10.0. The summed E-state index contributed by atoms with van der Waals surface area (Å²) in [5.74, 6) is -0.838. The van der Waals surface area contributed by atoms with Crippen LogP contribution in [-0.4, -0.2) is 39.4 Å². The van der Waals surface area contributed by atoms with Crippen LogP contribution in [0.25, 0.3) is 0 Å². The van der Waals surface area contributed by atoms with Gasteiger partial charge in [-0.25, -0.2) is 0 Å². The smallest absolute Gasteiger partial charge is 0.307 e. The molecule has 0 unspecified atom stereocenters. The Bertz CT molecular complexity index is 1280. The number of aromatic nitrogens is 2. The fourth-order valence-electron chi connectivity index (χ4n) is 4.09. The van der Waals surface area contributed by atoms with Crippen LogP contribution in [0, 0.1) is 11.3 Å². The third-order valence-electron chi connectivity index (χ3n) is 5.83. The molecule has 3 N–H and O–H groups in total. The molecule has 0 saturated carbocycles. The summed E-state index contributed by atoms with van der Waals surface area (Å²) in [7, 11) is 0. The lowest BCUT2D eigenvalue weighted by Crippen LogP contribution is -2.47. The SMILES string of the molecule is CC(C)n1cc([C@@H](NCCc2cccc(CC(=O)O)c2)[C@@H]2Oc3c(C#N)cccc3NC2=O)cn1. The van der Waals surface area contributed by atoms with E-state index >= 15 is 0 Å². The Morgan fingerprint density at radius 2 is 2.06 bits per heavy atom. The number of anilines is 1. The van der Waals surface area contributed by atoms with Gasteiger partial charge in [0.2, 0.25) is 0 Å². The summed E-state index contributed by atoms with van der Waals surface area (Å²) in [5, 5.41) is 29.3. The van der Waals surface area contributed by atoms with Crippen LogP contribution < -0.4 is 15.4 Å². The lowest BCUT2D eigenvalue weighted by Gasteiger charge is -2.32. The van der Waals surface area contributed by atoms with E-state index in [1.807, 2.05) is 42.9 Å². The minimum Gasteiger partial charge on any atom is -0.481 e. The lowest BCUT2D eigenvalue weighted by molar-refractivity contribution is -0.136. The molecule has 0 bridgehead atoms. The van der Waals surface area contributed by atoms with E-state index in [1.54, 1.807) is 30.5 Å². The maximum Gasteiger partial charge on any atom is 0.307 e. The molecule has 3 aromatic rings. The van der Waals surface area contributed by atoms with Crippen molar-refractivity contribution in [2.24, 2.45) is 0 Å². The first-order chi connectivity index (χ1) is 16.9. The van der Waals surface area contributed by atoms with Crippen LogP contribution in [0.4, 0.5) is 5.69 Å². The molecule has 0 aliphatic carbocycles. The van der Waals surface area contributed by atoms with Gasteiger partial charge < -0.3 is 20.5 Å². The van der Waals surface area contributed by atoms with Crippen LogP contribution in [0.5, 0.6) is 5.75 Å². The van der Waals surface area contributed by atoms with Crippen LogP contribution in [0.1, 0.15) is 48.2 Å². The number of amides is 1. The molecular formula is C26H27N5O4. The average Bonchev–Trinajstić information content (AvgIpc) is 3.31. The largest absolute Gasteiger partial charge is 0.481 e. The molecule has 0 spiro atoms. The number of hydrogen-bond acceptors (Lipinski definition) is 6. The highest BCUT2D eigenvalue weighted by molar-refractivity contribution is 5.98. The molecule has 1 aliphatic rings. The van der Waals surface area contributed by atoms with Crippen molar-refractivity contribution in [3.8, 4) is 11.8 Å². The zero-order valence-corrected chi connectivity index (χ0v) is 19.6. The van der Waals surface area contributed by atoms with Gasteiger partial charge in [0.1, 0.15) is 6.07 Å². The topological polar surface area (TPSA) is 129 Å². The van der Waals surface area contributed by atoms with E-state index in [0.29, 0.717) is 30.0 Å². The Labute approximate surface area is 203 Å². The minimum absolute atomic E-state index is 0.0327. The number of ether oxygens (including phenoxy) is 1. The summed E-state index contributed by atoms with van der Waals surface area (Å²) >= 11 is 0. The van der Waals surface area contributed by atoms with Crippen molar-refractivity contribution in [1.82, 2.24) is 15.1 Å². The van der Waals surface area contributed by atoms with Crippen LogP contribution in [0.3, 0.4) is 0 Å². The van der Waals surface area contributed by atoms with E-state index in [-0.39, 0.29) is 18.4 Å². The number of fused-ring (bicyclic) bond motifs is 1. The van der Waals surface area contributed by atoms with Crippen molar-refractivity contribution < 1.29 is 19.4 Å². The summed E-state index contributed by atoms with van der Waals surface area (Å²) in [6.07, 6.45) is 3.28. The summed E-state index contributed by atoms with van der Waals surface area (Å²) in [4.78, 5) is 24.1. The number of hydrogen-bond donors (Lipinski definition) is 3. The maximum absolute atomic E-state index is 13.1. The molecule has 2 aromatic carbocycles. The van der Waals surface area contributed by atoms with Crippen LogP contribution in [0.15, 0.2) is 54.9 Å².